The number of thiophene rings is 1. The van der Waals surface area contributed by atoms with Crippen LogP contribution in [0.5, 0.6) is 0 Å². The molecule has 0 aliphatic heterocycles. The standard InChI is InChI=1S/C25H25NO5S/c1-5-30-24(28)20-16(4)21(25(29)31-15(2)3)32-23(20)26-22(27)19-13-11-18(12-14-19)17-9-7-6-8-10-17/h6-15H,5H2,1-4H3,(H,26,27). The Balaban J connectivity index is 1.88. The van der Waals surface area contributed by atoms with Crippen LogP contribution in [0.15, 0.2) is 54.6 Å². The second kappa shape index (κ2) is 10.2. The zero-order chi connectivity index (χ0) is 23.3. The van der Waals surface area contributed by atoms with Crippen LogP contribution in [0.25, 0.3) is 11.1 Å². The van der Waals surface area contributed by atoms with E-state index in [1.54, 1.807) is 39.8 Å². The Morgan fingerprint density at radius 2 is 1.56 bits per heavy atom. The average molecular weight is 452 g/mol. The van der Waals surface area contributed by atoms with E-state index in [0.717, 1.165) is 22.5 Å². The zero-order valence-electron chi connectivity index (χ0n) is 18.4. The summed E-state index contributed by atoms with van der Waals surface area (Å²) in [6, 6.07) is 17.0. The van der Waals surface area contributed by atoms with Crippen LogP contribution >= 0.6 is 11.3 Å². The van der Waals surface area contributed by atoms with Crippen LogP contribution in [0.1, 0.15) is 56.7 Å². The van der Waals surface area contributed by atoms with Crippen LogP contribution in [0.2, 0.25) is 0 Å². The molecule has 0 spiro atoms. The molecule has 7 heteroatoms. The largest absolute Gasteiger partial charge is 0.462 e. The van der Waals surface area contributed by atoms with Gasteiger partial charge in [0.15, 0.2) is 0 Å². The molecular formula is C25H25NO5S. The minimum absolute atomic E-state index is 0.168. The summed E-state index contributed by atoms with van der Waals surface area (Å²) in [6.45, 7) is 7.00. The van der Waals surface area contributed by atoms with Gasteiger partial charge in [-0.25, -0.2) is 9.59 Å². The molecule has 0 radical (unpaired) electrons. The number of carbonyl (C=O) groups excluding carboxylic acids is 3. The van der Waals surface area contributed by atoms with Gasteiger partial charge in [-0.3, -0.25) is 4.79 Å². The van der Waals surface area contributed by atoms with Crippen LogP contribution in [-0.2, 0) is 9.47 Å². The molecule has 0 aliphatic rings. The van der Waals surface area contributed by atoms with Crippen molar-refractivity contribution in [3.05, 3.63) is 76.2 Å². The highest BCUT2D eigenvalue weighted by molar-refractivity contribution is 7.18. The fourth-order valence-electron chi connectivity index (χ4n) is 3.13. The lowest BCUT2D eigenvalue weighted by molar-refractivity contribution is 0.0383. The number of amides is 1. The van der Waals surface area contributed by atoms with Gasteiger partial charge in [-0.15, -0.1) is 11.3 Å². The summed E-state index contributed by atoms with van der Waals surface area (Å²) in [7, 11) is 0. The van der Waals surface area contributed by atoms with Crippen LogP contribution < -0.4 is 5.32 Å². The maximum Gasteiger partial charge on any atom is 0.348 e. The van der Waals surface area contributed by atoms with E-state index in [9.17, 15) is 14.4 Å². The maximum atomic E-state index is 12.9. The predicted octanol–water partition coefficient (Wildman–Crippen LogP) is 5.72. The third kappa shape index (κ3) is 5.23. The summed E-state index contributed by atoms with van der Waals surface area (Å²) < 4.78 is 10.4. The van der Waals surface area contributed by atoms with Gasteiger partial charge in [-0.1, -0.05) is 42.5 Å². The van der Waals surface area contributed by atoms with Crippen molar-refractivity contribution in [1.82, 2.24) is 0 Å². The summed E-state index contributed by atoms with van der Waals surface area (Å²) in [5, 5.41) is 3.02. The Morgan fingerprint density at radius 3 is 2.16 bits per heavy atom. The molecule has 2 aromatic carbocycles. The molecule has 1 aromatic heterocycles. The molecule has 3 rings (SSSR count). The van der Waals surface area contributed by atoms with Gasteiger partial charge in [0.05, 0.1) is 18.3 Å². The van der Waals surface area contributed by atoms with Crippen molar-refractivity contribution in [1.29, 1.82) is 0 Å². The SMILES string of the molecule is CCOC(=O)c1c(NC(=O)c2ccc(-c3ccccc3)cc2)sc(C(=O)OC(C)C)c1C. The predicted molar refractivity (Wildman–Crippen MR) is 125 cm³/mol. The Hall–Kier alpha value is -3.45. The highest BCUT2D eigenvalue weighted by atomic mass is 32.1. The Bertz CT molecular complexity index is 1120. The lowest BCUT2D eigenvalue weighted by Crippen LogP contribution is -2.15. The Morgan fingerprint density at radius 1 is 0.938 bits per heavy atom. The van der Waals surface area contributed by atoms with E-state index in [-0.39, 0.29) is 34.1 Å². The minimum atomic E-state index is -0.598. The fraction of sp³-hybridized carbons (Fsp3) is 0.240. The van der Waals surface area contributed by atoms with Gasteiger partial charge in [-0.2, -0.15) is 0 Å². The number of nitrogens with one attached hydrogen (secondary N) is 1. The molecule has 6 nitrogen and oxygen atoms in total. The molecule has 0 saturated heterocycles. The molecule has 0 fully saturated rings. The van der Waals surface area contributed by atoms with Crippen LogP contribution in [0, 0.1) is 6.92 Å². The van der Waals surface area contributed by atoms with Gasteiger partial charge in [-0.05, 0) is 56.5 Å². The lowest BCUT2D eigenvalue weighted by atomic mass is 10.0. The minimum Gasteiger partial charge on any atom is -0.462 e. The first-order valence-electron chi connectivity index (χ1n) is 10.3. The molecule has 0 aliphatic carbocycles. The zero-order valence-corrected chi connectivity index (χ0v) is 19.2. The molecule has 0 unspecified atom stereocenters. The summed E-state index contributed by atoms with van der Waals surface area (Å²) >= 11 is 1.01. The molecule has 32 heavy (non-hydrogen) atoms. The van der Waals surface area contributed by atoms with Crippen LogP contribution in [0.3, 0.4) is 0 Å². The Kier molecular flexibility index (Phi) is 7.43. The normalized spacial score (nSPS) is 10.7. The van der Waals surface area contributed by atoms with Gasteiger partial charge >= 0.3 is 11.9 Å². The molecule has 0 saturated carbocycles. The van der Waals surface area contributed by atoms with Crippen molar-refractivity contribution in [3.63, 3.8) is 0 Å². The summed E-state index contributed by atoms with van der Waals surface area (Å²) in [6.07, 6.45) is -0.309. The third-order valence-corrected chi connectivity index (χ3v) is 5.82. The van der Waals surface area contributed by atoms with Crippen molar-refractivity contribution in [2.75, 3.05) is 11.9 Å². The number of hydrogen-bond acceptors (Lipinski definition) is 6. The topological polar surface area (TPSA) is 81.7 Å². The maximum absolute atomic E-state index is 12.9. The number of anilines is 1. The average Bonchev–Trinajstić information content (AvgIpc) is 3.10. The molecule has 1 heterocycles. The Labute approximate surface area is 191 Å². The molecule has 0 atom stereocenters. The highest BCUT2D eigenvalue weighted by Crippen LogP contribution is 2.35. The highest BCUT2D eigenvalue weighted by Gasteiger charge is 2.28. The monoisotopic (exact) mass is 451 g/mol. The van der Waals surface area contributed by atoms with Crippen molar-refractivity contribution < 1.29 is 23.9 Å². The summed E-state index contributed by atoms with van der Waals surface area (Å²) in [5.74, 6) is -1.53. The molecule has 3 aromatic rings. The van der Waals surface area contributed by atoms with Crippen molar-refractivity contribution >= 4 is 34.2 Å². The van der Waals surface area contributed by atoms with Gasteiger partial charge in [0, 0.05) is 5.56 Å². The second-order valence-corrected chi connectivity index (χ2v) is 8.35. The van der Waals surface area contributed by atoms with E-state index in [0.29, 0.717) is 11.1 Å². The lowest BCUT2D eigenvalue weighted by Gasteiger charge is -2.08. The van der Waals surface area contributed by atoms with E-state index in [1.165, 1.54) is 0 Å². The quantitative estimate of drug-likeness (QED) is 0.465. The van der Waals surface area contributed by atoms with Crippen molar-refractivity contribution in [2.24, 2.45) is 0 Å². The summed E-state index contributed by atoms with van der Waals surface area (Å²) in [4.78, 5) is 38.2. The molecule has 0 bridgehead atoms. The molecule has 1 amide bonds. The third-order valence-electron chi connectivity index (χ3n) is 4.64. The van der Waals surface area contributed by atoms with E-state index in [1.807, 2.05) is 42.5 Å². The van der Waals surface area contributed by atoms with Crippen LogP contribution in [0.4, 0.5) is 5.00 Å². The first-order chi connectivity index (χ1) is 15.3. The number of hydrogen-bond donors (Lipinski definition) is 1. The molecule has 166 valence electrons. The van der Waals surface area contributed by atoms with Crippen LogP contribution in [-0.4, -0.2) is 30.6 Å². The number of rotatable bonds is 7. The number of esters is 2. The van der Waals surface area contributed by atoms with Gasteiger partial charge in [0.1, 0.15) is 9.88 Å². The molecular weight excluding hydrogens is 426 g/mol. The van der Waals surface area contributed by atoms with Gasteiger partial charge in [0.2, 0.25) is 0 Å². The number of carbonyl (C=O) groups is 3. The first-order valence-corrected chi connectivity index (χ1v) is 11.1. The van der Waals surface area contributed by atoms with Crippen molar-refractivity contribution in [3.8, 4) is 11.1 Å². The van der Waals surface area contributed by atoms with Crippen molar-refractivity contribution in [2.45, 2.75) is 33.8 Å². The first kappa shape index (κ1) is 23.2. The molecule has 1 N–H and O–H groups in total. The van der Waals surface area contributed by atoms with E-state index in [4.69, 9.17) is 9.47 Å². The number of ether oxygens (including phenoxy) is 2. The second-order valence-electron chi connectivity index (χ2n) is 7.33. The van der Waals surface area contributed by atoms with E-state index >= 15 is 0 Å². The van der Waals surface area contributed by atoms with Gasteiger partial charge < -0.3 is 14.8 Å². The summed E-state index contributed by atoms with van der Waals surface area (Å²) in [5.41, 5.74) is 3.05. The van der Waals surface area contributed by atoms with E-state index in [2.05, 4.69) is 5.32 Å². The number of benzene rings is 2. The fourth-order valence-corrected chi connectivity index (χ4v) is 4.21. The van der Waals surface area contributed by atoms with E-state index < -0.39 is 11.9 Å². The van der Waals surface area contributed by atoms with Gasteiger partial charge in [0.25, 0.3) is 5.91 Å². The smallest absolute Gasteiger partial charge is 0.348 e.